The molecule has 1 heterocycles. The van der Waals surface area contributed by atoms with E-state index in [-0.39, 0.29) is 0 Å². The molecule has 1 rings (SSSR count). The Morgan fingerprint density at radius 3 is 2.86 bits per heavy atom. The summed E-state index contributed by atoms with van der Waals surface area (Å²) in [5.74, 6) is 0. The molecule has 0 saturated heterocycles. The van der Waals surface area contributed by atoms with Gasteiger partial charge in [-0.2, -0.15) is 0 Å². The topological polar surface area (TPSA) is 39.9 Å². The van der Waals surface area contributed by atoms with E-state index < -0.39 is 0 Å². The van der Waals surface area contributed by atoms with Gasteiger partial charge in [0.05, 0.1) is 12.4 Å². The van der Waals surface area contributed by atoms with Crippen molar-refractivity contribution in [1.29, 1.82) is 0 Å². The first-order valence-electron chi connectivity index (χ1n) is 1.84. The van der Waals surface area contributed by atoms with Gasteiger partial charge < -0.3 is 4.84 Å². The lowest BCUT2D eigenvalue weighted by molar-refractivity contribution is 0.129. The molecule has 0 saturated carbocycles. The van der Waals surface area contributed by atoms with Crippen LogP contribution >= 0.6 is 0 Å². The maximum atomic E-state index is 4.60. The highest BCUT2D eigenvalue weighted by Crippen LogP contribution is 1.68. The zero-order valence-electron chi connectivity index (χ0n) is 3.90. The average Bonchev–Trinajstić information content (AvgIpc) is 2.14. The van der Waals surface area contributed by atoms with Gasteiger partial charge >= 0.3 is 0 Å². The Bertz CT molecular complexity index is 125. The molecular formula is C3H5N3O. The molecule has 4 nitrogen and oxygen atoms in total. The van der Waals surface area contributed by atoms with Crippen LogP contribution in [-0.4, -0.2) is 22.3 Å². The summed E-state index contributed by atoms with van der Waals surface area (Å²) in [5.41, 5.74) is 0. The summed E-state index contributed by atoms with van der Waals surface area (Å²) in [6, 6.07) is 0. The standard InChI is InChI=1S/C3H5N3O/c1-7-6-3-2-4-5-6/h2-3H,1H3. The molecule has 0 aliphatic carbocycles. The normalized spacial score (nSPS) is 8.71. The smallest absolute Gasteiger partial charge is 0.106 e. The van der Waals surface area contributed by atoms with E-state index in [4.69, 9.17) is 0 Å². The maximum Gasteiger partial charge on any atom is 0.106 e. The first-order chi connectivity index (χ1) is 3.43. The quantitative estimate of drug-likeness (QED) is 0.469. The Hall–Kier alpha value is -1.06. The van der Waals surface area contributed by atoms with Gasteiger partial charge in [-0.1, -0.05) is 4.85 Å². The van der Waals surface area contributed by atoms with Crippen molar-refractivity contribution >= 4 is 0 Å². The van der Waals surface area contributed by atoms with Gasteiger partial charge in [0.25, 0.3) is 0 Å². The highest BCUT2D eigenvalue weighted by Gasteiger charge is 1.79. The second-order valence-corrected chi connectivity index (χ2v) is 0.988. The molecule has 0 spiro atoms. The molecule has 0 bridgehead atoms. The number of hydrogen-bond acceptors (Lipinski definition) is 3. The van der Waals surface area contributed by atoms with Crippen LogP contribution in [0.25, 0.3) is 0 Å². The molecular weight excluding hydrogens is 94.1 g/mol. The first kappa shape index (κ1) is 4.11. The SMILES string of the molecule is COn1ccnn1. The first-order valence-corrected chi connectivity index (χ1v) is 1.84. The van der Waals surface area contributed by atoms with E-state index in [9.17, 15) is 0 Å². The molecule has 0 fully saturated rings. The monoisotopic (exact) mass is 99.0 g/mol. The van der Waals surface area contributed by atoms with Crippen LogP contribution in [0, 0.1) is 0 Å². The third-order valence-corrected chi connectivity index (χ3v) is 0.588. The maximum absolute atomic E-state index is 4.60. The van der Waals surface area contributed by atoms with Gasteiger partial charge in [0.15, 0.2) is 0 Å². The molecule has 4 heteroatoms. The minimum absolute atomic E-state index is 1.26. The minimum atomic E-state index is 1.26. The summed E-state index contributed by atoms with van der Waals surface area (Å²) in [7, 11) is 1.52. The van der Waals surface area contributed by atoms with Gasteiger partial charge in [0.2, 0.25) is 0 Å². The second kappa shape index (κ2) is 1.59. The minimum Gasteiger partial charge on any atom is -0.399 e. The summed E-state index contributed by atoms with van der Waals surface area (Å²) in [6.07, 6.45) is 3.16. The van der Waals surface area contributed by atoms with Crippen molar-refractivity contribution in [2.45, 2.75) is 0 Å². The summed E-state index contributed by atoms with van der Waals surface area (Å²) >= 11 is 0. The van der Waals surface area contributed by atoms with Gasteiger partial charge in [-0.25, -0.2) is 0 Å². The molecule has 1 aromatic rings. The second-order valence-electron chi connectivity index (χ2n) is 0.988. The van der Waals surface area contributed by atoms with E-state index in [1.807, 2.05) is 0 Å². The average molecular weight is 99.1 g/mol. The predicted molar refractivity (Wildman–Crippen MR) is 22.5 cm³/mol. The zero-order chi connectivity index (χ0) is 5.11. The van der Waals surface area contributed by atoms with Crippen molar-refractivity contribution in [2.24, 2.45) is 0 Å². The molecule has 0 aromatic carbocycles. The Morgan fingerprint density at radius 2 is 2.57 bits per heavy atom. The van der Waals surface area contributed by atoms with Crippen molar-refractivity contribution in [3.8, 4) is 0 Å². The molecule has 1 aromatic heterocycles. The molecule has 0 aliphatic rings. The Kier molecular flexibility index (Phi) is 0.934. The fourth-order valence-corrected chi connectivity index (χ4v) is 0.295. The van der Waals surface area contributed by atoms with Crippen molar-refractivity contribution in [1.82, 2.24) is 15.2 Å². The summed E-state index contributed by atoms with van der Waals surface area (Å²) in [6.45, 7) is 0. The predicted octanol–water partition coefficient (Wildman–Crippen LogP) is -0.664. The highest BCUT2D eigenvalue weighted by molar-refractivity contribution is 4.58. The third kappa shape index (κ3) is 0.677. The lowest BCUT2D eigenvalue weighted by Crippen LogP contribution is -2.05. The molecule has 0 radical (unpaired) electrons. The molecule has 7 heavy (non-hydrogen) atoms. The molecule has 38 valence electrons. The molecule has 0 aliphatic heterocycles. The Balaban J connectivity index is 2.76. The van der Waals surface area contributed by atoms with E-state index in [1.54, 1.807) is 12.4 Å². The van der Waals surface area contributed by atoms with Crippen molar-refractivity contribution in [2.75, 3.05) is 7.11 Å². The van der Waals surface area contributed by atoms with Crippen molar-refractivity contribution in [3.63, 3.8) is 0 Å². The summed E-state index contributed by atoms with van der Waals surface area (Å²) < 4.78 is 0. The largest absolute Gasteiger partial charge is 0.399 e. The zero-order valence-corrected chi connectivity index (χ0v) is 3.90. The van der Waals surface area contributed by atoms with Crippen molar-refractivity contribution in [3.05, 3.63) is 12.4 Å². The van der Waals surface area contributed by atoms with E-state index in [2.05, 4.69) is 15.1 Å². The van der Waals surface area contributed by atoms with Crippen LogP contribution in [0.3, 0.4) is 0 Å². The highest BCUT2D eigenvalue weighted by atomic mass is 16.7. The van der Waals surface area contributed by atoms with Crippen LogP contribution in [-0.2, 0) is 0 Å². The van der Waals surface area contributed by atoms with E-state index in [0.717, 1.165) is 0 Å². The van der Waals surface area contributed by atoms with Crippen LogP contribution < -0.4 is 4.84 Å². The summed E-state index contributed by atoms with van der Waals surface area (Å²) in [4.78, 5) is 5.86. The van der Waals surface area contributed by atoms with Crippen LogP contribution in [0.1, 0.15) is 0 Å². The molecule has 0 amide bonds. The third-order valence-electron chi connectivity index (χ3n) is 0.588. The fraction of sp³-hybridized carbons (Fsp3) is 0.333. The van der Waals surface area contributed by atoms with E-state index in [1.165, 1.54) is 12.0 Å². The molecule has 0 atom stereocenters. The lowest BCUT2D eigenvalue weighted by Gasteiger charge is -1.89. The molecule has 0 unspecified atom stereocenters. The number of aromatic nitrogens is 3. The van der Waals surface area contributed by atoms with Gasteiger partial charge in [-0.3, -0.25) is 0 Å². The molecule has 0 N–H and O–H groups in total. The Labute approximate surface area is 40.7 Å². The Morgan fingerprint density at radius 1 is 1.71 bits per heavy atom. The number of rotatable bonds is 1. The van der Waals surface area contributed by atoms with E-state index in [0.29, 0.717) is 0 Å². The van der Waals surface area contributed by atoms with Crippen LogP contribution in [0.2, 0.25) is 0 Å². The van der Waals surface area contributed by atoms with Crippen LogP contribution in [0.4, 0.5) is 0 Å². The van der Waals surface area contributed by atoms with Crippen LogP contribution in [0.5, 0.6) is 0 Å². The van der Waals surface area contributed by atoms with Gasteiger partial charge in [-0.15, -0.1) is 5.10 Å². The number of nitrogens with zero attached hydrogens (tertiary/aromatic N) is 3. The lowest BCUT2D eigenvalue weighted by atomic mass is 11.0. The van der Waals surface area contributed by atoms with Crippen molar-refractivity contribution < 1.29 is 4.84 Å². The van der Waals surface area contributed by atoms with Gasteiger partial charge in [0.1, 0.15) is 7.11 Å². The van der Waals surface area contributed by atoms with Crippen LogP contribution in [0.15, 0.2) is 12.4 Å². The summed E-state index contributed by atoms with van der Waals surface area (Å²) in [5, 5.41) is 6.96. The number of hydrogen-bond donors (Lipinski definition) is 0. The van der Waals surface area contributed by atoms with Gasteiger partial charge in [0, 0.05) is 0 Å². The van der Waals surface area contributed by atoms with Gasteiger partial charge in [-0.05, 0) is 5.21 Å². The van der Waals surface area contributed by atoms with E-state index >= 15 is 0 Å². The fourth-order valence-electron chi connectivity index (χ4n) is 0.295.